The van der Waals surface area contributed by atoms with Gasteiger partial charge in [-0.25, -0.2) is 0 Å². The van der Waals surface area contributed by atoms with Gasteiger partial charge in [-0.05, 0) is 56.9 Å². The van der Waals surface area contributed by atoms with Gasteiger partial charge < -0.3 is 30.8 Å². The fourth-order valence-electron chi connectivity index (χ4n) is 5.71. The first-order valence-electron chi connectivity index (χ1n) is 16.7. The minimum atomic E-state index is -0.973. The molecule has 1 amide bonds. The Balaban J connectivity index is 2.04. The Bertz CT molecular complexity index is 1720. The number of Topliss-reactive ketones (excluding diaryl/α,β-unsaturated/α-hetero) is 2. The topological polar surface area (TPSA) is 181 Å². The molecule has 0 spiro atoms. The summed E-state index contributed by atoms with van der Waals surface area (Å²) in [6.07, 6.45) is 12.2. The Morgan fingerprint density at radius 1 is 0.760 bits per heavy atom. The van der Waals surface area contributed by atoms with Crippen molar-refractivity contribution in [3.05, 3.63) is 111 Å². The summed E-state index contributed by atoms with van der Waals surface area (Å²) in [6.45, 7) is 11.5. The van der Waals surface area contributed by atoms with E-state index in [1.54, 1.807) is 70.2 Å². The van der Waals surface area contributed by atoms with E-state index in [2.05, 4.69) is 5.32 Å². The number of nitrogens with one attached hydrogen (secondary N) is 1. The molecule has 0 saturated heterocycles. The number of ketones is 3. The van der Waals surface area contributed by atoms with Gasteiger partial charge >= 0.3 is 0 Å². The summed E-state index contributed by atoms with van der Waals surface area (Å²) in [6, 6.07) is 1.31. The normalized spacial score (nSPS) is 28.2. The van der Waals surface area contributed by atoms with E-state index in [1.807, 2.05) is 0 Å². The molecule has 10 heteroatoms. The molecule has 1 aliphatic carbocycles. The fourth-order valence-corrected chi connectivity index (χ4v) is 5.71. The molecule has 0 aromatic heterocycles. The van der Waals surface area contributed by atoms with Gasteiger partial charge in [0.15, 0.2) is 11.6 Å². The number of amides is 1. The van der Waals surface area contributed by atoms with Crippen LogP contribution in [-0.2, 0) is 4.79 Å². The van der Waals surface area contributed by atoms with Crippen LogP contribution in [0, 0.1) is 24.7 Å². The maximum absolute atomic E-state index is 13.8. The zero-order chi connectivity index (χ0) is 37.4. The number of aliphatic hydroxyl groups is 4. The van der Waals surface area contributed by atoms with E-state index in [0.29, 0.717) is 5.57 Å². The van der Waals surface area contributed by atoms with Crippen LogP contribution in [-0.4, -0.2) is 73.2 Å². The van der Waals surface area contributed by atoms with Crippen molar-refractivity contribution >= 4 is 23.3 Å². The number of fused-ring (bicyclic) bond motifs is 18. The van der Waals surface area contributed by atoms with Gasteiger partial charge in [0.2, 0.25) is 5.78 Å². The second-order valence-corrected chi connectivity index (χ2v) is 13.4. The Morgan fingerprint density at radius 2 is 1.44 bits per heavy atom. The van der Waals surface area contributed by atoms with E-state index < -0.39 is 65.3 Å². The Labute approximate surface area is 293 Å². The Morgan fingerprint density at radius 3 is 2.12 bits per heavy atom. The molecule has 4 rings (SSSR count). The molecule has 268 valence electrons. The van der Waals surface area contributed by atoms with Crippen LogP contribution < -0.4 is 5.32 Å². The summed E-state index contributed by atoms with van der Waals surface area (Å²) in [5.41, 5.74) is 0.137. The molecule has 4 bridgehead atoms. The van der Waals surface area contributed by atoms with Crippen LogP contribution in [0.25, 0.3) is 0 Å². The zero-order valence-electron chi connectivity index (χ0n) is 29.7. The average molecular weight is 688 g/mol. The van der Waals surface area contributed by atoms with Crippen molar-refractivity contribution in [2.75, 3.05) is 0 Å². The van der Waals surface area contributed by atoms with E-state index in [1.165, 1.54) is 39.0 Å². The first-order chi connectivity index (χ1) is 23.4. The van der Waals surface area contributed by atoms with E-state index in [-0.39, 0.29) is 57.9 Å². The molecular weight excluding hydrogens is 638 g/mol. The highest BCUT2D eigenvalue weighted by Crippen LogP contribution is 2.35. The number of phenolic OH excluding ortho intramolecular Hbond substituents is 1. The minimum Gasteiger partial charge on any atom is -0.507 e. The number of carbonyl (C=O) groups excluding carboxylic acids is 4. The summed E-state index contributed by atoms with van der Waals surface area (Å²) in [7, 11) is 0. The van der Waals surface area contributed by atoms with Crippen LogP contribution in [0.3, 0.4) is 0 Å². The second kappa shape index (κ2) is 17.4. The molecule has 50 heavy (non-hydrogen) atoms. The first kappa shape index (κ1) is 40.0. The number of carbonyl (C=O) groups is 4. The van der Waals surface area contributed by atoms with Crippen LogP contribution >= 0.6 is 0 Å². The molecule has 0 unspecified atom stereocenters. The van der Waals surface area contributed by atoms with Crippen molar-refractivity contribution in [2.24, 2.45) is 17.8 Å². The van der Waals surface area contributed by atoms with Gasteiger partial charge in [0.1, 0.15) is 5.75 Å². The summed E-state index contributed by atoms with van der Waals surface area (Å²) in [5.74, 6) is -4.53. The van der Waals surface area contributed by atoms with Gasteiger partial charge in [-0.2, -0.15) is 0 Å². The molecule has 6 N–H and O–H groups in total. The zero-order valence-corrected chi connectivity index (χ0v) is 29.7. The van der Waals surface area contributed by atoms with E-state index in [4.69, 9.17) is 0 Å². The molecular formula is C40H49NO9. The van der Waals surface area contributed by atoms with Crippen molar-refractivity contribution in [2.45, 2.75) is 85.7 Å². The highest BCUT2D eigenvalue weighted by atomic mass is 16.3. The highest BCUT2D eigenvalue weighted by Gasteiger charge is 2.34. The smallest absolute Gasteiger partial charge is 0.251 e. The van der Waals surface area contributed by atoms with Crippen LogP contribution in [0.1, 0.15) is 91.0 Å². The van der Waals surface area contributed by atoms with Gasteiger partial charge in [-0.1, -0.05) is 75.5 Å². The number of benzene rings is 1. The Hall–Kier alpha value is -4.48. The number of rotatable bonds is 0. The van der Waals surface area contributed by atoms with Crippen molar-refractivity contribution < 1.29 is 44.7 Å². The van der Waals surface area contributed by atoms with Crippen molar-refractivity contribution in [1.29, 1.82) is 0 Å². The average Bonchev–Trinajstić information content (AvgIpc) is 3.07. The molecule has 1 aromatic rings. The molecule has 3 aliphatic rings. The van der Waals surface area contributed by atoms with E-state index in [0.717, 1.165) is 6.08 Å². The van der Waals surface area contributed by atoms with Gasteiger partial charge in [0, 0.05) is 47.0 Å². The van der Waals surface area contributed by atoms with Crippen molar-refractivity contribution in [1.82, 2.24) is 5.32 Å². The van der Waals surface area contributed by atoms with Gasteiger partial charge in [-0.3, -0.25) is 19.2 Å². The number of aryl methyl sites for hydroxylation is 1. The molecule has 2 heterocycles. The van der Waals surface area contributed by atoms with E-state index >= 15 is 0 Å². The van der Waals surface area contributed by atoms with Crippen LogP contribution in [0.2, 0.25) is 0 Å². The van der Waals surface area contributed by atoms with Crippen molar-refractivity contribution in [3.8, 4) is 5.75 Å². The lowest BCUT2D eigenvalue weighted by atomic mass is 9.83. The van der Waals surface area contributed by atoms with Crippen LogP contribution in [0.5, 0.6) is 5.75 Å². The lowest BCUT2D eigenvalue weighted by molar-refractivity contribution is -0.116. The third-order valence-corrected chi connectivity index (χ3v) is 9.18. The van der Waals surface area contributed by atoms with Crippen LogP contribution in [0.15, 0.2) is 89.2 Å². The number of aliphatic hydroxyl groups excluding tert-OH is 4. The standard InChI is InChI=1S/C40H49NO9/c1-21-11-9-8-10-12-24(4)40(50)41-30-19-33(45)34-29(39(30)49)18-27(7)38(48)35(34)37(47)26(6)17-25(5)36(46)23(3)14-16-28(42)15-13-22(2)32(44)20-31(21)43/h8-14,16-19,21,23,25,28,31-32,36,42-44,46,48H,15,20H2,1-7H3,(H,41,50)/t21-,23-,25-,28+,31+,32+,36+/m0/s1. The Kier molecular flexibility index (Phi) is 13.9. The summed E-state index contributed by atoms with van der Waals surface area (Å²) in [5, 5.41) is 56.3. The van der Waals surface area contributed by atoms with Gasteiger partial charge in [0.05, 0.1) is 35.7 Å². The predicted octanol–water partition coefficient (Wildman–Crippen LogP) is 4.92. The van der Waals surface area contributed by atoms with Gasteiger partial charge in [-0.15, -0.1) is 0 Å². The molecule has 7 atom stereocenters. The van der Waals surface area contributed by atoms with Crippen molar-refractivity contribution in [3.63, 3.8) is 0 Å². The molecule has 2 aliphatic heterocycles. The summed E-state index contributed by atoms with van der Waals surface area (Å²) >= 11 is 0. The van der Waals surface area contributed by atoms with E-state index in [9.17, 15) is 44.7 Å². The molecule has 0 saturated carbocycles. The second-order valence-electron chi connectivity index (χ2n) is 13.4. The van der Waals surface area contributed by atoms with Crippen LogP contribution in [0.4, 0.5) is 0 Å². The maximum Gasteiger partial charge on any atom is 0.251 e. The molecule has 0 radical (unpaired) electrons. The molecule has 10 nitrogen and oxygen atoms in total. The molecule has 0 fully saturated rings. The lowest BCUT2D eigenvalue weighted by Gasteiger charge is -2.22. The first-order valence-corrected chi connectivity index (χ1v) is 16.7. The summed E-state index contributed by atoms with van der Waals surface area (Å²) in [4.78, 5) is 53.6. The SMILES string of the molecule is CC1=CC=CC=C[C@H](C)[C@H](O)C[C@@H](O)C(C)=CC[C@@H](O)C=C[C@H](C)[C@@H](O)[C@@H](C)C=C(C)C(=O)c2c(O)c(C)cc3c2C(=O)C=C(NC1=O)C3=O. The number of phenols is 1. The summed E-state index contributed by atoms with van der Waals surface area (Å²) < 4.78 is 0. The number of hydrogen-bond acceptors (Lipinski definition) is 9. The predicted molar refractivity (Wildman–Crippen MR) is 192 cm³/mol. The minimum absolute atomic E-state index is 0.0843. The number of hydrogen-bond donors (Lipinski definition) is 6. The third kappa shape index (κ3) is 9.82. The quantitative estimate of drug-likeness (QED) is 0.207. The number of allylic oxidation sites excluding steroid dienone is 7. The largest absolute Gasteiger partial charge is 0.507 e. The monoisotopic (exact) mass is 687 g/mol. The number of aromatic hydroxyl groups is 1. The third-order valence-electron chi connectivity index (χ3n) is 9.18. The lowest BCUT2D eigenvalue weighted by Crippen LogP contribution is -2.32. The molecule has 1 aromatic carbocycles. The highest BCUT2D eigenvalue weighted by molar-refractivity contribution is 6.30. The van der Waals surface area contributed by atoms with Gasteiger partial charge in [0.25, 0.3) is 5.91 Å². The fraction of sp³-hybridized carbons (Fsp3) is 0.400. The maximum atomic E-state index is 13.8.